The highest BCUT2D eigenvalue weighted by molar-refractivity contribution is 6.30. The summed E-state index contributed by atoms with van der Waals surface area (Å²) in [6.45, 7) is 0.815. The lowest BCUT2D eigenvalue weighted by Gasteiger charge is -2.31. The van der Waals surface area contributed by atoms with Crippen LogP contribution in [0.3, 0.4) is 0 Å². The van der Waals surface area contributed by atoms with E-state index in [1.54, 1.807) is 33.8 Å². The van der Waals surface area contributed by atoms with Gasteiger partial charge in [-0.25, -0.2) is 9.50 Å². The van der Waals surface area contributed by atoms with Gasteiger partial charge in [0.05, 0.1) is 11.7 Å². The van der Waals surface area contributed by atoms with Gasteiger partial charge in [0.1, 0.15) is 11.5 Å². The summed E-state index contributed by atoms with van der Waals surface area (Å²) in [5.74, 6) is -0.283. The van der Waals surface area contributed by atoms with Gasteiger partial charge in [-0.3, -0.25) is 4.79 Å². The Balaban J connectivity index is 1.53. The molecule has 142 valence electrons. The van der Waals surface area contributed by atoms with E-state index < -0.39 is 11.9 Å². The second kappa shape index (κ2) is 6.56. The zero-order chi connectivity index (χ0) is 19.2. The lowest BCUT2D eigenvalue weighted by Crippen LogP contribution is -2.39. The fourth-order valence-electron chi connectivity index (χ4n) is 3.31. The fraction of sp³-hybridized carbons (Fsp3) is 0.353. The number of pyridine rings is 1. The molecular weight excluding hydrogens is 383 g/mol. The van der Waals surface area contributed by atoms with E-state index in [0.717, 1.165) is 6.20 Å². The van der Waals surface area contributed by atoms with Gasteiger partial charge in [0.15, 0.2) is 5.69 Å². The molecule has 4 heterocycles. The van der Waals surface area contributed by atoms with Crippen LogP contribution in [0.2, 0.25) is 5.02 Å². The third-order valence-electron chi connectivity index (χ3n) is 4.64. The first-order valence-corrected chi connectivity index (χ1v) is 8.75. The maximum atomic E-state index is 12.8. The van der Waals surface area contributed by atoms with E-state index in [0.29, 0.717) is 29.9 Å². The molecule has 27 heavy (non-hydrogen) atoms. The number of halogens is 4. The number of alkyl halides is 3. The molecular formula is C17H15ClF3N5O. The van der Waals surface area contributed by atoms with Crippen molar-refractivity contribution in [1.82, 2.24) is 24.5 Å². The fourth-order valence-corrected chi connectivity index (χ4v) is 3.47. The molecule has 1 saturated heterocycles. The van der Waals surface area contributed by atoms with E-state index in [4.69, 9.17) is 11.6 Å². The molecule has 0 aromatic carbocycles. The van der Waals surface area contributed by atoms with Gasteiger partial charge in [-0.05, 0) is 31.0 Å². The highest BCUT2D eigenvalue weighted by Gasteiger charge is 2.35. The molecule has 1 unspecified atom stereocenters. The summed E-state index contributed by atoms with van der Waals surface area (Å²) in [4.78, 5) is 20.6. The monoisotopic (exact) mass is 397 g/mol. The topological polar surface area (TPSA) is 66.3 Å². The van der Waals surface area contributed by atoms with Crippen molar-refractivity contribution in [1.29, 1.82) is 0 Å². The van der Waals surface area contributed by atoms with Gasteiger partial charge in [0.2, 0.25) is 0 Å². The van der Waals surface area contributed by atoms with Crippen LogP contribution >= 0.6 is 11.6 Å². The summed E-state index contributed by atoms with van der Waals surface area (Å²) in [6.07, 6.45) is -0.669. The number of aromatic amines is 1. The molecule has 1 aliphatic rings. The molecule has 0 aliphatic carbocycles. The Bertz CT molecular complexity index is 996. The number of nitrogens with zero attached hydrogens (tertiary/aromatic N) is 4. The number of rotatable bonds is 2. The van der Waals surface area contributed by atoms with E-state index in [2.05, 4.69) is 15.1 Å². The number of aromatic nitrogens is 4. The molecule has 1 N–H and O–H groups in total. The van der Waals surface area contributed by atoms with Gasteiger partial charge >= 0.3 is 6.18 Å². The van der Waals surface area contributed by atoms with Crippen LogP contribution in [0.15, 0.2) is 30.6 Å². The molecule has 3 aromatic rings. The summed E-state index contributed by atoms with van der Waals surface area (Å²) in [5, 5.41) is 4.80. The lowest BCUT2D eigenvalue weighted by atomic mass is 9.97. The number of H-pyrrole nitrogens is 1. The third kappa shape index (κ3) is 3.51. The number of hydrogen-bond acceptors (Lipinski definition) is 3. The van der Waals surface area contributed by atoms with Crippen LogP contribution in [0.1, 0.15) is 40.8 Å². The van der Waals surface area contributed by atoms with Crippen LogP contribution < -0.4 is 0 Å². The summed E-state index contributed by atoms with van der Waals surface area (Å²) < 4.78 is 39.9. The van der Waals surface area contributed by atoms with E-state index in [-0.39, 0.29) is 29.9 Å². The number of carbonyl (C=O) groups is 1. The Labute approximate surface area is 156 Å². The lowest BCUT2D eigenvalue weighted by molar-refractivity contribution is -0.141. The third-order valence-corrected chi connectivity index (χ3v) is 4.88. The number of hydrogen-bond donors (Lipinski definition) is 1. The predicted molar refractivity (Wildman–Crippen MR) is 91.7 cm³/mol. The first kappa shape index (κ1) is 17.8. The predicted octanol–water partition coefficient (Wildman–Crippen LogP) is 3.75. The maximum Gasteiger partial charge on any atom is 0.432 e. The van der Waals surface area contributed by atoms with Gasteiger partial charge in [-0.15, -0.1) is 0 Å². The van der Waals surface area contributed by atoms with Crippen LogP contribution in [0.5, 0.6) is 0 Å². The number of fused-ring (bicyclic) bond motifs is 1. The SMILES string of the molecule is O=C(c1cc2cc(Cl)ccn2n1)N1CCCC(c2ncc(C(F)(F)F)[nH]2)C1. The molecule has 1 fully saturated rings. The van der Waals surface area contributed by atoms with Crippen molar-refractivity contribution >= 4 is 23.0 Å². The van der Waals surface area contributed by atoms with Crippen LogP contribution in [-0.2, 0) is 6.18 Å². The molecule has 10 heteroatoms. The van der Waals surface area contributed by atoms with Crippen molar-refractivity contribution in [3.05, 3.63) is 52.8 Å². The van der Waals surface area contributed by atoms with Gasteiger partial charge in [-0.2, -0.15) is 18.3 Å². The van der Waals surface area contributed by atoms with Crippen molar-refractivity contribution in [2.45, 2.75) is 24.9 Å². The number of amides is 1. The number of nitrogens with one attached hydrogen (secondary N) is 1. The molecule has 1 amide bonds. The number of carbonyl (C=O) groups excluding carboxylic acids is 1. The van der Waals surface area contributed by atoms with Crippen molar-refractivity contribution in [2.24, 2.45) is 0 Å². The molecule has 1 aliphatic heterocycles. The number of likely N-dealkylation sites (tertiary alicyclic amines) is 1. The zero-order valence-corrected chi connectivity index (χ0v) is 14.8. The van der Waals surface area contributed by atoms with Crippen molar-refractivity contribution in [3.63, 3.8) is 0 Å². The summed E-state index contributed by atoms with van der Waals surface area (Å²) in [7, 11) is 0. The Morgan fingerprint density at radius 1 is 1.33 bits per heavy atom. The van der Waals surface area contributed by atoms with E-state index in [1.165, 1.54) is 0 Å². The minimum Gasteiger partial charge on any atom is -0.338 e. The van der Waals surface area contributed by atoms with Crippen molar-refractivity contribution in [2.75, 3.05) is 13.1 Å². The Morgan fingerprint density at radius 3 is 2.89 bits per heavy atom. The normalized spacial score (nSPS) is 18.2. The Hall–Kier alpha value is -2.55. The molecule has 4 rings (SSSR count). The van der Waals surface area contributed by atoms with E-state index >= 15 is 0 Å². The molecule has 1 atom stereocenters. The zero-order valence-electron chi connectivity index (χ0n) is 14.0. The number of imidazole rings is 1. The molecule has 0 radical (unpaired) electrons. The Kier molecular flexibility index (Phi) is 4.33. The van der Waals surface area contributed by atoms with E-state index in [1.807, 2.05) is 0 Å². The first-order valence-electron chi connectivity index (χ1n) is 8.37. The average molecular weight is 398 g/mol. The molecule has 6 nitrogen and oxygen atoms in total. The average Bonchev–Trinajstić information content (AvgIpc) is 3.27. The minimum absolute atomic E-state index is 0.251. The van der Waals surface area contributed by atoms with Gasteiger partial charge in [-0.1, -0.05) is 11.6 Å². The molecule has 0 bridgehead atoms. The largest absolute Gasteiger partial charge is 0.432 e. The van der Waals surface area contributed by atoms with Crippen LogP contribution in [0, 0.1) is 0 Å². The summed E-state index contributed by atoms with van der Waals surface area (Å²) in [6, 6.07) is 5.01. The second-order valence-corrected chi connectivity index (χ2v) is 6.95. The van der Waals surface area contributed by atoms with Crippen LogP contribution in [0.4, 0.5) is 13.2 Å². The van der Waals surface area contributed by atoms with E-state index in [9.17, 15) is 18.0 Å². The highest BCUT2D eigenvalue weighted by Crippen LogP contribution is 2.31. The highest BCUT2D eigenvalue weighted by atomic mass is 35.5. The van der Waals surface area contributed by atoms with Gasteiger partial charge < -0.3 is 9.88 Å². The van der Waals surface area contributed by atoms with Gasteiger partial charge in [0.25, 0.3) is 5.91 Å². The van der Waals surface area contributed by atoms with Gasteiger partial charge in [0, 0.05) is 30.2 Å². The maximum absolute atomic E-state index is 12.8. The second-order valence-electron chi connectivity index (χ2n) is 6.51. The molecule has 0 saturated carbocycles. The summed E-state index contributed by atoms with van der Waals surface area (Å²) >= 11 is 5.95. The molecule has 3 aromatic heterocycles. The smallest absolute Gasteiger partial charge is 0.338 e. The summed E-state index contributed by atoms with van der Waals surface area (Å²) in [5.41, 5.74) is 0.0896. The standard InChI is InChI=1S/C17H15ClF3N5O/c18-11-3-5-26-12(6-11)7-13(24-26)16(27)25-4-1-2-10(9-25)15-22-8-14(23-15)17(19,20)21/h3,5-8,10H,1-2,4,9H2,(H,22,23). The molecule has 0 spiro atoms. The van der Waals surface area contributed by atoms with Crippen molar-refractivity contribution < 1.29 is 18.0 Å². The van der Waals surface area contributed by atoms with Crippen LogP contribution in [0.25, 0.3) is 5.52 Å². The number of piperidine rings is 1. The quantitative estimate of drug-likeness (QED) is 0.716. The Morgan fingerprint density at radius 2 is 2.15 bits per heavy atom. The van der Waals surface area contributed by atoms with Crippen LogP contribution in [-0.4, -0.2) is 43.5 Å². The minimum atomic E-state index is -4.47. The van der Waals surface area contributed by atoms with Crippen molar-refractivity contribution in [3.8, 4) is 0 Å². The first-order chi connectivity index (χ1) is 12.8.